The summed E-state index contributed by atoms with van der Waals surface area (Å²) in [5.74, 6) is 0.273. The Kier molecular flexibility index (Phi) is 8.87. The lowest BCUT2D eigenvalue weighted by molar-refractivity contribution is 0.0291. The fourth-order valence-electron chi connectivity index (χ4n) is 4.85. The molecule has 2 aromatic heterocycles. The van der Waals surface area contributed by atoms with Crippen molar-refractivity contribution < 1.29 is 15.3 Å². The summed E-state index contributed by atoms with van der Waals surface area (Å²) in [4.78, 5) is 14.8. The summed E-state index contributed by atoms with van der Waals surface area (Å²) < 4.78 is 1.73. The summed E-state index contributed by atoms with van der Waals surface area (Å²) in [6, 6.07) is 7.80. The zero-order chi connectivity index (χ0) is 28.3. The van der Waals surface area contributed by atoms with Crippen molar-refractivity contribution in [1.29, 1.82) is 0 Å². The number of nitrogens with zero attached hydrogens (tertiary/aromatic N) is 5. The van der Waals surface area contributed by atoms with Gasteiger partial charge in [0, 0.05) is 24.8 Å². The number of aliphatic hydroxyl groups excluding tert-OH is 3. The molecular formula is C28H42N8O3. The molecule has 11 heteroatoms. The number of hydrogen-bond donors (Lipinski definition) is 6. The topological polar surface area (TPSA) is 158 Å². The molecule has 1 aromatic carbocycles. The number of imidazole rings is 1. The van der Waals surface area contributed by atoms with E-state index >= 15 is 0 Å². The van der Waals surface area contributed by atoms with Gasteiger partial charge in [-0.2, -0.15) is 0 Å². The van der Waals surface area contributed by atoms with E-state index < -0.39 is 24.6 Å². The van der Waals surface area contributed by atoms with E-state index in [1.807, 2.05) is 18.2 Å². The molecule has 39 heavy (non-hydrogen) atoms. The lowest BCUT2D eigenvalue weighted by Crippen LogP contribution is -2.40. The zero-order valence-corrected chi connectivity index (χ0v) is 23.4. The number of nitrogens with two attached hydrogens (primary N) is 1. The van der Waals surface area contributed by atoms with Crippen molar-refractivity contribution in [1.82, 2.24) is 29.7 Å². The molecule has 0 saturated heterocycles. The van der Waals surface area contributed by atoms with Crippen LogP contribution < -0.4 is 16.4 Å². The number of aromatic nitrogens is 4. The normalized spacial score (nSPS) is 20.7. The Morgan fingerprint density at radius 1 is 1.10 bits per heavy atom. The molecule has 4 rings (SSSR count). The van der Waals surface area contributed by atoms with E-state index in [0.29, 0.717) is 24.3 Å². The molecule has 0 fully saturated rings. The number of nitrogen functional groups attached to an aromatic ring is 1. The van der Waals surface area contributed by atoms with E-state index in [2.05, 4.69) is 77.2 Å². The van der Waals surface area contributed by atoms with Crippen LogP contribution in [0.4, 0.5) is 11.5 Å². The van der Waals surface area contributed by atoms with Gasteiger partial charge in [-0.3, -0.25) is 10.2 Å². The Labute approximate surface area is 229 Å². The Bertz CT molecular complexity index is 1270. The van der Waals surface area contributed by atoms with Crippen LogP contribution in [0.5, 0.6) is 0 Å². The lowest BCUT2D eigenvalue weighted by Gasteiger charge is -2.28. The van der Waals surface area contributed by atoms with Crippen LogP contribution in [0.15, 0.2) is 48.6 Å². The molecule has 0 aliphatic heterocycles. The van der Waals surface area contributed by atoms with E-state index in [9.17, 15) is 15.3 Å². The minimum absolute atomic E-state index is 0.0820. The minimum Gasteiger partial charge on any atom is -0.388 e. The van der Waals surface area contributed by atoms with Crippen LogP contribution >= 0.6 is 0 Å². The predicted molar refractivity (Wildman–Crippen MR) is 153 cm³/mol. The van der Waals surface area contributed by atoms with Gasteiger partial charge in [-0.15, -0.1) is 0 Å². The molecule has 0 spiro atoms. The Morgan fingerprint density at radius 2 is 1.82 bits per heavy atom. The third-order valence-corrected chi connectivity index (χ3v) is 7.28. The van der Waals surface area contributed by atoms with Crippen LogP contribution in [-0.4, -0.2) is 84.0 Å². The maximum Gasteiger partial charge on any atom is 0.181 e. The molecule has 1 aliphatic carbocycles. The van der Waals surface area contributed by atoms with Gasteiger partial charge in [0.05, 0.1) is 12.4 Å². The first kappa shape index (κ1) is 28.9. The standard InChI is InChI=1S/C28H42N8O3/c1-17(2)35(12-6-11-30-27(39)34-20-9-7-19(8-10-20)28(3,4)5)14-18-13-21(24(38)23(18)37)36-16-33-22-25(29)31-15-32-26(22)36/h7-10,13,15-17,21,23-24,27,30,34,37-39H,6,11-12,14H2,1-5H3,(H2,29,31,32). The van der Waals surface area contributed by atoms with Crippen LogP contribution in [0, 0.1) is 0 Å². The zero-order valence-electron chi connectivity index (χ0n) is 23.4. The molecule has 11 nitrogen and oxygen atoms in total. The molecule has 7 N–H and O–H groups in total. The minimum atomic E-state index is -1.03. The molecule has 4 atom stereocenters. The number of hydrogen-bond acceptors (Lipinski definition) is 10. The molecule has 4 unspecified atom stereocenters. The third-order valence-electron chi connectivity index (χ3n) is 7.28. The Hall–Kier alpha value is -3.09. The number of benzene rings is 1. The molecule has 0 bridgehead atoms. The van der Waals surface area contributed by atoms with Gasteiger partial charge in [-0.05, 0) is 55.5 Å². The summed E-state index contributed by atoms with van der Waals surface area (Å²) in [5, 5.41) is 38.2. The quantitative estimate of drug-likeness (QED) is 0.121. The van der Waals surface area contributed by atoms with Gasteiger partial charge < -0.3 is 30.9 Å². The first-order valence-electron chi connectivity index (χ1n) is 13.5. The van der Waals surface area contributed by atoms with Gasteiger partial charge in [0.2, 0.25) is 0 Å². The van der Waals surface area contributed by atoms with Gasteiger partial charge in [-0.25, -0.2) is 15.0 Å². The molecule has 3 aromatic rings. The average molecular weight is 539 g/mol. The van der Waals surface area contributed by atoms with E-state index in [1.54, 1.807) is 10.9 Å². The second-order valence-electron chi connectivity index (χ2n) is 11.5. The highest BCUT2D eigenvalue weighted by Gasteiger charge is 2.37. The maximum absolute atomic E-state index is 10.8. The summed E-state index contributed by atoms with van der Waals surface area (Å²) in [5.41, 5.74) is 9.81. The Morgan fingerprint density at radius 3 is 2.49 bits per heavy atom. The highest BCUT2D eigenvalue weighted by atomic mass is 16.3. The van der Waals surface area contributed by atoms with Crippen LogP contribution in [0.2, 0.25) is 0 Å². The fourth-order valence-corrected chi connectivity index (χ4v) is 4.85. The Balaban J connectivity index is 1.31. The molecule has 212 valence electrons. The van der Waals surface area contributed by atoms with Crippen LogP contribution in [-0.2, 0) is 5.41 Å². The van der Waals surface area contributed by atoms with E-state index in [-0.39, 0.29) is 17.3 Å². The highest BCUT2D eigenvalue weighted by Crippen LogP contribution is 2.32. The third kappa shape index (κ3) is 6.74. The van der Waals surface area contributed by atoms with Crippen molar-refractivity contribution in [2.75, 3.05) is 30.7 Å². The monoisotopic (exact) mass is 538 g/mol. The van der Waals surface area contributed by atoms with Crippen molar-refractivity contribution in [2.24, 2.45) is 0 Å². The van der Waals surface area contributed by atoms with Gasteiger partial charge in [0.1, 0.15) is 24.1 Å². The van der Waals surface area contributed by atoms with Crippen LogP contribution in [0.25, 0.3) is 11.2 Å². The molecule has 1 aliphatic rings. The van der Waals surface area contributed by atoms with Gasteiger partial charge in [0.15, 0.2) is 17.8 Å². The first-order chi connectivity index (χ1) is 18.5. The first-order valence-corrected chi connectivity index (χ1v) is 13.5. The summed E-state index contributed by atoms with van der Waals surface area (Å²) in [6.45, 7) is 12.6. The molecular weight excluding hydrogens is 496 g/mol. The van der Waals surface area contributed by atoms with Crippen molar-refractivity contribution in [3.05, 3.63) is 54.1 Å². The number of nitrogens with one attached hydrogen (secondary N) is 2. The second kappa shape index (κ2) is 12.0. The number of anilines is 2. The highest BCUT2D eigenvalue weighted by molar-refractivity contribution is 5.81. The summed E-state index contributed by atoms with van der Waals surface area (Å²) >= 11 is 0. The van der Waals surface area contributed by atoms with Crippen molar-refractivity contribution in [3.63, 3.8) is 0 Å². The summed E-state index contributed by atoms with van der Waals surface area (Å²) in [6.07, 6.45) is 2.72. The average Bonchev–Trinajstić information content (AvgIpc) is 3.42. The molecule has 2 heterocycles. The predicted octanol–water partition coefficient (Wildman–Crippen LogP) is 1.99. The summed E-state index contributed by atoms with van der Waals surface area (Å²) in [7, 11) is 0. The number of fused-ring (bicyclic) bond motifs is 1. The smallest absolute Gasteiger partial charge is 0.181 e. The second-order valence-corrected chi connectivity index (χ2v) is 11.5. The van der Waals surface area contributed by atoms with Gasteiger partial charge >= 0.3 is 0 Å². The van der Waals surface area contributed by atoms with Crippen molar-refractivity contribution in [3.8, 4) is 0 Å². The molecule has 0 amide bonds. The van der Waals surface area contributed by atoms with Crippen molar-refractivity contribution >= 4 is 22.7 Å². The molecule has 0 radical (unpaired) electrons. The van der Waals surface area contributed by atoms with E-state index in [0.717, 1.165) is 24.2 Å². The van der Waals surface area contributed by atoms with Gasteiger partial charge in [0.25, 0.3) is 0 Å². The van der Waals surface area contributed by atoms with E-state index in [1.165, 1.54) is 11.9 Å². The maximum atomic E-state index is 10.8. The number of aliphatic hydroxyl groups is 3. The molecule has 0 saturated carbocycles. The lowest BCUT2D eigenvalue weighted by atomic mass is 9.87. The van der Waals surface area contributed by atoms with Crippen molar-refractivity contribution in [2.45, 2.75) is 77.1 Å². The van der Waals surface area contributed by atoms with Crippen LogP contribution in [0.3, 0.4) is 0 Å². The number of rotatable bonds is 11. The van der Waals surface area contributed by atoms with Crippen LogP contribution in [0.1, 0.15) is 52.6 Å². The van der Waals surface area contributed by atoms with Gasteiger partial charge in [-0.1, -0.05) is 39.0 Å². The van der Waals surface area contributed by atoms with E-state index in [4.69, 9.17) is 5.73 Å². The largest absolute Gasteiger partial charge is 0.388 e. The fraction of sp³-hybridized carbons (Fsp3) is 0.536. The SMILES string of the molecule is CC(C)N(CCCNC(O)Nc1ccc(C(C)(C)C)cc1)CC1=CC(n2cnc3c(N)ncnc32)C(O)C1O.